The van der Waals surface area contributed by atoms with E-state index in [4.69, 9.17) is 11.6 Å². The number of aryl methyl sites for hydroxylation is 1. The van der Waals surface area contributed by atoms with Crippen molar-refractivity contribution in [3.63, 3.8) is 0 Å². The van der Waals surface area contributed by atoms with Gasteiger partial charge in [-0.15, -0.1) is 0 Å². The van der Waals surface area contributed by atoms with Gasteiger partial charge in [0, 0.05) is 25.0 Å². The standard InChI is InChI=1S/C15H15ClN2OS/c1-18(9-10-5-7-11(16)8-6-10)15-17-12-3-2-4-13(19)14(12)20-15/h5-8H,2-4,9H2,1H3. The number of nitrogens with zero attached hydrogens (tertiary/aromatic N) is 2. The van der Waals surface area contributed by atoms with Crippen molar-refractivity contribution in [2.45, 2.75) is 25.8 Å². The summed E-state index contributed by atoms with van der Waals surface area (Å²) >= 11 is 7.40. The number of rotatable bonds is 3. The minimum absolute atomic E-state index is 0.245. The van der Waals surface area contributed by atoms with Crippen LogP contribution >= 0.6 is 22.9 Å². The van der Waals surface area contributed by atoms with Crippen molar-refractivity contribution in [1.29, 1.82) is 0 Å². The number of fused-ring (bicyclic) bond motifs is 1. The second-order valence-corrected chi connectivity index (χ2v) is 6.45. The summed E-state index contributed by atoms with van der Waals surface area (Å²) < 4.78 is 0. The molecule has 0 radical (unpaired) electrons. The van der Waals surface area contributed by atoms with Gasteiger partial charge in [0.2, 0.25) is 0 Å². The highest BCUT2D eigenvalue weighted by atomic mass is 35.5. The molecule has 3 rings (SSSR count). The Morgan fingerprint density at radius 2 is 2.05 bits per heavy atom. The Labute approximate surface area is 127 Å². The highest BCUT2D eigenvalue weighted by Crippen LogP contribution is 2.31. The van der Waals surface area contributed by atoms with E-state index in [9.17, 15) is 4.79 Å². The van der Waals surface area contributed by atoms with Crippen LogP contribution in [0, 0.1) is 0 Å². The average Bonchev–Trinajstić information content (AvgIpc) is 2.87. The summed E-state index contributed by atoms with van der Waals surface area (Å²) in [6.07, 6.45) is 2.51. The van der Waals surface area contributed by atoms with Gasteiger partial charge in [0.05, 0.1) is 10.6 Å². The maximum absolute atomic E-state index is 11.9. The molecule has 0 saturated carbocycles. The first-order valence-corrected chi connectivity index (χ1v) is 7.81. The van der Waals surface area contributed by atoms with Crippen molar-refractivity contribution in [2.75, 3.05) is 11.9 Å². The van der Waals surface area contributed by atoms with Crippen molar-refractivity contribution < 1.29 is 4.79 Å². The largest absolute Gasteiger partial charge is 0.347 e. The minimum atomic E-state index is 0.245. The number of ketones is 1. The van der Waals surface area contributed by atoms with Gasteiger partial charge in [0.1, 0.15) is 0 Å². The zero-order valence-electron chi connectivity index (χ0n) is 11.2. The molecule has 1 aromatic carbocycles. The summed E-state index contributed by atoms with van der Waals surface area (Å²) in [6.45, 7) is 0.762. The second-order valence-electron chi connectivity index (χ2n) is 5.03. The molecule has 104 valence electrons. The molecular weight excluding hydrogens is 292 g/mol. The lowest BCUT2D eigenvalue weighted by molar-refractivity contribution is 0.0976. The van der Waals surface area contributed by atoms with Gasteiger partial charge in [-0.2, -0.15) is 0 Å². The molecule has 0 unspecified atom stereocenters. The zero-order chi connectivity index (χ0) is 14.1. The quantitative estimate of drug-likeness (QED) is 0.861. The fraction of sp³-hybridized carbons (Fsp3) is 0.333. The molecule has 1 aliphatic rings. The first kappa shape index (κ1) is 13.6. The maximum Gasteiger partial charge on any atom is 0.186 e. The van der Waals surface area contributed by atoms with Crippen LogP contribution in [0.4, 0.5) is 5.13 Å². The van der Waals surface area contributed by atoms with E-state index >= 15 is 0 Å². The van der Waals surface area contributed by atoms with Crippen molar-refractivity contribution in [3.05, 3.63) is 45.4 Å². The SMILES string of the molecule is CN(Cc1ccc(Cl)cc1)c1nc2c(s1)C(=O)CCC2. The molecular formula is C15H15ClN2OS. The molecule has 1 aliphatic carbocycles. The monoisotopic (exact) mass is 306 g/mol. The van der Waals surface area contributed by atoms with Gasteiger partial charge < -0.3 is 4.90 Å². The Balaban J connectivity index is 1.79. The first-order chi connectivity index (χ1) is 9.63. The molecule has 1 aromatic heterocycles. The highest BCUT2D eigenvalue weighted by Gasteiger charge is 2.23. The minimum Gasteiger partial charge on any atom is -0.347 e. The number of carbonyl (C=O) groups is 1. The smallest absolute Gasteiger partial charge is 0.186 e. The van der Waals surface area contributed by atoms with Gasteiger partial charge in [-0.3, -0.25) is 4.79 Å². The summed E-state index contributed by atoms with van der Waals surface area (Å²) in [7, 11) is 2.00. The third kappa shape index (κ3) is 2.72. The van der Waals surface area contributed by atoms with Crippen molar-refractivity contribution >= 4 is 33.9 Å². The molecule has 0 saturated heterocycles. The Bertz CT molecular complexity index is 636. The van der Waals surface area contributed by atoms with Crippen LogP contribution in [0.25, 0.3) is 0 Å². The Morgan fingerprint density at radius 3 is 2.75 bits per heavy atom. The molecule has 1 heterocycles. The van der Waals surface area contributed by atoms with E-state index in [1.807, 2.05) is 31.3 Å². The predicted molar refractivity (Wildman–Crippen MR) is 82.9 cm³/mol. The second kappa shape index (κ2) is 5.54. The number of aromatic nitrogens is 1. The summed E-state index contributed by atoms with van der Waals surface area (Å²) in [6, 6.07) is 7.80. The van der Waals surface area contributed by atoms with Crippen LogP contribution in [0.1, 0.15) is 33.8 Å². The van der Waals surface area contributed by atoms with Crippen LogP contribution in [-0.4, -0.2) is 17.8 Å². The van der Waals surface area contributed by atoms with Crippen LogP contribution in [0.5, 0.6) is 0 Å². The van der Waals surface area contributed by atoms with Gasteiger partial charge in [-0.25, -0.2) is 4.98 Å². The number of hydrogen-bond donors (Lipinski definition) is 0. The molecule has 0 spiro atoms. The molecule has 2 aromatic rings. The first-order valence-electron chi connectivity index (χ1n) is 6.62. The van der Waals surface area contributed by atoms with E-state index in [1.54, 1.807) is 0 Å². The molecule has 20 heavy (non-hydrogen) atoms. The average molecular weight is 307 g/mol. The third-order valence-corrected chi connectivity index (χ3v) is 4.92. The number of hydrogen-bond acceptors (Lipinski definition) is 4. The molecule has 0 N–H and O–H groups in total. The van der Waals surface area contributed by atoms with E-state index in [-0.39, 0.29) is 5.78 Å². The van der Waals surface area contributed by atoms with Gasteiger partial charge >= 0.3 is 0 Å². The fourth-order valence-electron chi connectivity index (χ4n) is 2.35. The van der Waals surface area contributed by atoms with Crippen LogP contribution in [-0.2, 0) is 13.0 Å². The topological polar surface area (TPSA) is 33.2 Å². The van der Waals surface area contributed by atoms with E-state index in [2.05, 4.69) is 9.88 Å². The zero-order valence-corrected chi connectivity index (χ0v) is 12.8. The van der Waals surface area contributed by atoms with Crippen LogP contribution in [0.15, 0.2) is 24.3 Å². The predicted octanol–water partition coefficient (Wildman–Crippen LogP) is 3.95. The Kier molecular flexibility index (Phi) is 3.76. The summed E-state index contributed by atoms with van der Waals surface area (Å²) in [5.41, 5.74) is 2.15. The van der Waals surface area contributed by atoms with E-state index < -0.39 is 0 Å². The third-order valence-electron chi connectivity index (χ3n) is 3.42. The lowest BCUT2D eigenvalue weighted by atomic mass is 10.0. The van der Waals surface area contributed by atoms with E-state index in [0.29, 0.717) is 6.42 Å². The van der Waals surface area contributed by atoms with Gasteiger partial charge in [-0.05, 0) is 30.5 Å². The molecule has 0 aliphatic heterocycles. The number of thiazole rings is 1. The molecule has 0 amide bonds. The molecule has 3 nitrogen and oxygen atoms in total. The van der Waals surface area contributed by atoms with Gasteiger partial charge in [-0.1, -0.05) is 35.1 Å². The van der Waals surface area contributed by atoms with Crippen molar-refractivity contribution in [3.8, 4) is 0 Å². The van der Waals surface area contributed by atoms with Crippen LogP contribution in [0.2, 0.25) is 5.02 Å². The summed E-state index contributed by atoms with van der Waals surface area (Å²) in [4.78, 5) is 19.4. The van der Waals surface area contributed by atoms with Crippen molar-refractivity contribution in [2.24, 2.45) is 0 Å². The van der Waals surface area contributed by atoms with Gasteiger partial charge in [0.25, 0.3) is 0 Å². The van der Waals surface area contributed by atoms with Crippen molar-refractivity contribution in [1.82, 2.24) is 4.98 Å². The van der Waals surface area contributed by atoms with E-state index in [0.717, 1.165) is 40.1 Å². The Morgan fingerprint density at radius 1 is 1.30 bits per heavy atom. The maximum atomic E-state index is 11.9. The fourth-order valence-corrected chi connectivity index (χ4v) is 3.52. The molecule has 0 bridgehead atoms. The number of halogens is 1. The normalized spacial score (nSPS) is 14.2. The highest BCUT2D eigenvalue weighted by molar-refractivity contribution is 7.17. The van der Waals surface area contributed by atoms with Gasteiger partial charge in [0.15, 0.2) is 10.9 Å². The number of Topliss-reactive ketones (excluding diaryl/α,β-unsaturated/α-hetero) is 1. The number of carbonyl (C=O) groups excluding carboxylic acids is 1. The summed E-state index contributed by atoms with van der Waals surface area (Å²) in [5, 5.41) is 1.66. The lowest BCUT2D eigenvalue weighted by Gasteiger charge is -2.15. The molecule has 0 atom stereocenters. The van der Waals surface area contributed by atoms with Crippen LogP contribution < -0.4 is 4.90 Å². The number of anilines is 1. The molecule has 5 heteroatoms. The lowest BCUT2D eigenvalue weighted by Crippen LogP contribution is -2.16. The molecule has 0 fully saturated rings. The number of benzene rings is 1. The van der Waals surface area contributed by atoms with Crippen LogP contribution in [0.3, 0.4) is 0 Å². The van der Waals surface area contributed by atoms with E-state index in [1.165, 1.54) is 16.9 Å². The Hall–Kier alpha value is -1.39. The summed E-state index contributed by atoms with van der Waals surface area (Å²) in [5.74, 6) is 0.245.